The third-order valence-electron chi connectivity index (χ3n) is 10.8. The minimum absolute atomic E-state index is 0.181. The molecule has 13 heteroatoms. The second-order valence-corrected chi connectivity index (χ2v) is 15.2. The van der Waals surface area contributed by atoms with E-state index >= 15 is 4.39 Å². The predicted octanol–water partition coefficient (Wildman–Crippen LogP) is 6.16. The molecule has 1 unspecified atom stereocenters. The molecule has 8 rings (SSSR count). The van der Waals surface area contributed by atoms with Gasteiger partial charge >= 0.3 is 0 Å². The van der Waals surface area contributed by atoms with Crippen molar-refractivity contribution in [3.63, 3.8) is 0 Å². The summed E-state index contributed by atoms with van der Waals surface area (Å²) in [6.07, 6.45) is 6.55. The van der Waals surface area contributed by atoms with Crippen LogP contribution in [0.15, 0.2) is 67.0 Å². The van der Waals surface area contributed by atoms with Gasteiger partial charge in [-0.2, -0.15) is 0 Å². The van der Waals surface area contributed by atoms with E-state index in [1.807, 2.05) is 32.3 Å². The zero-order chi connectivity index (χ0) is 41.8. The van der Waals surface area contributed by atoms with Gasteiger partial charge in [-0.05, 0) is 98.4 Å². The Morgan fingerprint density at radius 1 is 1.07 bits per heavy atom. The monoisotopic (exact) mass is 795 g/mol. The fourth-order valence-corrected chi connectivity index (χ4v) is 7.95. The number of benzene rings is 3. The second kappa shape index (κ2) is 17.5. The molecule has 12 nitrogen and oxygen atoms in total. The predicted molar refractivity (Wildman–Crippen MR) is 224 cm³/mol. The molecule has 4 N–H and O–H groups in total. The minimum Gasteiger partial charge on any atom is -0.360 e. The number of carbonyl (C=O) groups excluding carboxylic acids is 5. The Hall–Kier alpha value is -6.65. The molecule has 4 amide bonds. The zero-order valence-corrected chi connectivity index (χ0v) is 33.5. The highest BCUT2D eigenvalue weighted by Crippen LogP contribution is 2.40. The van der Waals surface area contributed by atoms with E-state index in [0.29, 0.717) is 40.8 Å². The van der Waals surface area contributed by atoms with Crippen molar-refractivity contribution in [2.45, 2.75) is 64.5 Å². The van der Waals surface area contributed by atoms with Crippen LogP contribution in [-0.2, 0) is 22.6 Å². The summed E-state index contributed by atoms with van der Waals surface area (Å²) in [6.45, 7) is 5.42. The van der Waals surface area contributed by atoms with Crippen molar-refractivity contribution in [2.75, 3.05) is 32.1 Å². The number of hydrogen-bond donors (Lipinski definition) is 4. The quantitative estimate of drug-likeness (QED) is 0.0631. The Morgan fingerprint density at radius 3 is 2.61 bits per heavy atom. The number of carbonyl (C=O) groups is 5. The number of aldehydes is 1. The summed E-state index contributed by atoms with van der Waals surface area (Å²) in [4.78, 5) is 73.0. The van der Waals surface area contributed by atoms with Crippen molar-refractivity contribution < 1.29 is 28.4 Å². The average molecular weight is 796 g/mol. The summed E-state index contributed by atoms with van der Waals surface area (Å²) >= 11 is 0. The van der Waals surface area contributed by atoms with Crippen molar-refractivity contribution in [3.8, 4) is 23.0 Å². The maximum Gasteiger partial charge on any atom is 0.269 e. The van der Waals surface area contributed by atoms with Crippen LogP contribution >= 0.6 is 0 Å². The molecule has 3 aliphatic rings. The smallest absolute Gasteiger partial charge is 0.269 e. The Labute approximate surface area is 342 Å². The third-order valence-corrected chi connectivity index (χ3v) is 10.8. The van der Waals surface area contributed by atoms with Crippen molar-refractivity contribution in [1.29, 1.82) is 0 Å². The normalized spacial score (nSPS) is 15.8. The van der Waals surface area contributed by atoms with Gasteiger partial charge in [-0.15, -0.1) is 0 Å². The number of aryl methyl sites for hydroxylation is 1. The fourth-order valence-electron chi connectivity index (χ4n) is 7.95. The van der Waals surface area contributed by atoms with Crippen molar-refractivity contribution in [3.05, 3.63) is 112 Å². The first-order chi connectivity index (χ1) is 28.5. The van der Waals surface area contributed by atoms with Crippen LogP contribution in [0.4, 0.5) is 15.8 Å². The number of anilines is 2. The van der Waals surface area contributed by atoms with Gasteiger partial charge in [0, 0.05) is 95.0 Å². The van der Waals surface area contributed by atoms with Gasteiger partial charge in [0.05, 0.1) is 0 Å². The van der Waals surface area contributed by atoms with Gasteiger partial charge in [0.15, 0.2) is 6.29 Å². The molecule has 302 valence electrons. The van der Waals surface area contributed by atoms with Crippen molar-refractivity contribution >= 4 is 52.2 Å². The molecule has 0 spiro atoms. The van der Waals surface area contributed by atoms with E-state index in [1.54, 1.807) is 36.5 Å². The van der Waals surface area contributed by atoms with Crippen LogP contribution in [0.25, 0.3) is 22.0 Å². The molecule has 1 atom stereocenters. The van der Waals surface area contributed by atoms with Crippen LogP contribution in [0.3, 0.4) is 0 Å². The van der Waals surface area contributed by atoms with Crippen LogP contribution in [0, 0.1) is 17.7 Å². The first kappa shape index (κ1) is 40.5. The van der Waals surface area contributed by atoms with Crippen LogP contribution in [0.5, 0.6) is 0 Å². The van der Waals surface area contributed by atoms with Gasteiger partial charge in [0.1, 0.15) is 17.6 Å². The topological polar surface area (TPSA) is 157 Å². The van der Waals surface area contributed by atoms with Crippen LogP contribution in [-0.4, -0.2) is 78.0 Å². The average Bonchev–Trinajstić information content (AvgIpc) is 3.80. The molecule has 3 aromatic carbocycles. The van der Waals surface area contributed by atoms with E-state index in [1.165, 1.54) is 11.1 Å². The summed E-state index contributed by atoms with van der Waals surface area (Å²) < 4.78 is 15.9. The Morgan fingerprint density at radius 2 is 1.88 bits per heavy atom. The number of nitrogens with zero attached hydrogens (tertiary/aromatic N) is 3. The molecule has 1 saturated heterocycles. The van der Waals surface area contributed by atoms with Gasteiger partial charge in [0.2, 0.25) is 11.8 Å². The number of rotatable bonds is 8. The van der Waals surface area contributed by atoms with Crippen LogP contribution < -0.4 is 20.9 Å². The third kappa shape index (κ3) is 8.22. The Kier molecular flexibility index (Phi) is 12.0. The molecule has 0 aliphatic carbocycles. The molecule has 0 radical (unpaired) electrons. The summed E-state index contributed by atoms with van der Waals surface area (Å²) in [7, 11) is 3.75. The van der Waals surface area contributed by atoms with Crippen molar-refractivity contribution in [2.24, 2.45) is 0 Å². The molecule has 3 aliphatic heterocycles. The number of pyridine rings is 1. The number of nitrogens with one attached hydrogen (secondary N) is 4. The number of imide groups is 1. The van der Waals surface area contributed by atoms with E-state index < -0.39 is 17.8 Å². The number of amides is 4. The highest BCUT2D eigenvalue weighted by Gasteiger charge is 2.39. The highest BCUT2D eigenvalue weighted by atomic mass is 19.1. The number of H-pyrrole nitrogens is 1. The lowest BCUT2D eigenvalue weighted by atomic mass is 9.94. The van der Waals surface area contributed by atoms with Gasteiger partial charge in [0.25, 0.3) is 11.8 Å². The van der Waals surface area contributed by atoms with E-state index in [2.05, 4.69) is 62.6 Å². The Balaban J connectivity index is 0.00000171. The fraction of sp³-hybridized carbons (Fsp3) is 0.304. The summed E-state index contributed by atoms with van der Waals surface area (Å²) in [5, 5.41) is 8.74. The molecule has 0 saturated carbocycles. The Bertz CT molecular complexity index is 2530. The zero-order valence-electron chi connectivity index (χ0n) is 33.5. The van der Waals surface area contributed by atoms with E-state index in [0.717, 1.165) is 58.1 Å². The maximum absolute atomic E-state index is 15.9. The SMILES string of the molecule is CC(C)c1cc(N2CCCc3cc(-c4ccc(C(=O)NCCC#Cc5cccc6c5CN(C5CCC(=O)NC5=O)C6=O)nc4)c(F)cc32)cc2c(C=O)c[nH]c12.CNC. The van der Waals surface area contributed by atoms with E-state index in [4.69, 9.17) is 0 Å². The van der Waals surface area contributed by atoms with Crippen LogP contribution in [0.1, 0.15) is 98.9 Å². The molecule has 5 heterocycles. The van der Waals surface area contributed by atoms with Gasteiger partial charge < -0.3 is 25.4 Å². The lowest BCUT2D eigenvalue weighted by Crippen LogP contribution is -2.52. The summed E-state index contributed by atoms with van der Waals surface area (Å²) in [5.74, 6) is 4.52. The molecule has 2 aromatic heterocycles. The van der Waals surface area contributed by atoms with Gasteiger partial charge in [-0.25, -0.2) is 4.39 Å². The van der Waals surface area contributed by atoms with Gasteiger partial charge in [-0.1, -0.05) is 37.8 Å². The largest absolute Gasteiger partial charge is 0.360 e. The lowest BCUT2D eigenvalue weighted by Gasteiger charge is -2.32. The molecular formula is C46H46FN7O5. The number of fused-ring (bicyclic) bond motifs is 3. The summed E-state index contributed by atoms with van der Waals surface area (Å²) in [6, 6.07) is 15.4. The molecule has 1 fully saturated rings. The summed E-state index contributed by atoms with van der Waals surface area (Å²) in [5.41, 5.74) is 8.38. The molecule has 5 aromatic rings. The molecular weight excluding hydrogens is 750 g/mol. The number of aromatic amines is 1. The standard InChI is InChI=1S/C44H39FN6O5.C2H7N/c1-25(2)32-18-30(19-34-29(24-52)22-48-41(32)34)50-16-6-9-27-17-33(36(45)20-39(27)50)28-11-12-37(47-21-28)42(54)46-15-4-3-7-26-8-5-10-31-35(26)23-51(44(31)56)38-13-14-40(53)49-43(38)55;1-3-2/h5,8,10-12,17-22,24-25,38,48H,4,6,9,13-16,23H2,1-2H3,(H,46,54)(H,49,53,55);3H,1-2H3. The lowest BCUT2D eigenvalue weighted by molar-refractivity contribution is -0.136. The van der Waals surface area contributed by atoms with Gasteiger partial charge in [-0.3, -0.25) is 34.3 Å². The number of aromatic nitrogens is 2. The van der Waals surface area contributed by atoms with Crippen LogP contribution in [0.2, 0.25) is 0 Å². The number of hydrogen-bond acceptors (Lipinski definition) is 8. The van der Waals surface area contributed by atoms with E-state index in [-0.39, 0.29) is 55.3 Å². The highest BCUT2D eigenvalue weighted by molar-refractivity contribution is 6.06. The number of piperidine rings is 1. The van der Waals surface area contributed by atoms with E-state index in [9.17, 15) is 24.0 Å². The minimum atomic E-state index is -0.704. The first-order valence-corrected chi connectivity index (χ1v) is 19.8. The van der Waals surface area contributed by atoms with Crippen molar-refractivity contribution in [1.82, 2.24) is 30.8 Å². The second-order valence-electron chi connectivity index (χ2n) is 15.2. The number of halogens is 1. The molecule has 0 bridgehead atoms. The first-order valence-electron chi connectivity index (χ1n) is 19.8. The maximum atomic E-state index is 15.9. The molecule has 59 heavy (non-hydrogen) atoms.